The molecular weight excluding hydrogens is 319 g/mol. The smallest absolute Gasteiger partial charge is 0.224 e. The monoisotopic (exact) mass is 344 g/mol. The maximum absolute atomic E-state index is 14.0. The Morgan fingerprint density at radius 2 is 1.96 bits per heavy atom. The summed E-state index contributed by atoms with van der Waals surface area (Å²) in [4.78, 5) is 16.5. The van der Waals surface area contributed by atoms with E-state index in [2.05, 4.69) is 10.00 Å². The van der Waals surface area contributed by atoms with Gasteiger partial charge in [-0.2, -0.15) is 5.10 Å². The Morgan fingerprint density at radius 3 is 2.60 bits per heavy atom. The van der Waals surface area contributed by atoms with E-state index in [1.165, 1.54) is 6.07 Å². The molecule has 0 spiro atoms. The number of hydrogen-bond acceptors (Lipinski definition) is 3. The third-order valence-electron chi connectivity index (χ3n) is 4.89. The fourth-order valence-electron chi connectivity index (χ4n) is 3.33. The lowest BCUT2D eigenvalue weighted by molar-refractivity contribution is -0.133. The van der Waals surface area contributed by atoms with Crippen molar-refractivity contribution in [2.75, 3.05) is 26.2 Å². The van der Waals surface area contributed by atoms with Crippen molar-refractivity contribution in [3.8, 4) is 0 Å². The number of rotatable bonds is 5. The predicted octanol–water partition coefficient (Wildman–Crippen LogP) is 2.63. The molecule has 0 saturated carbocycles. The van der Waals surface area contributed by atoms with Crippen LogP contribution in [0, 0.1) is 12.7 Å². The lowest BCUT2D eigenvalue weighted by Crippen LogP contribution is -2.49. The molecule has 0 aliphatic carbocycles. The molecule has 0 radical (unpaired) electrons. The lowest BCUT2D eigenvalue weighted by atomic mass is 10.1. The third-order valence-corrected chi connectivity index (χ3v) is 4.89. The van der Waals surface area contributed by atoms with Crippen molar-refractivity contribution < 1.29 is 9.18 Å². The molecule has 0 bridgehead atoms. The Bertz CT molecular complexity index is 722. The molecule has 2 heterocycles. The van der Waals surface area contributed by atoms with Gasteiger partial charge in [-0.15, -0.1) is 0 Å². The molecule has 1 aromatic heterocycles. The molecule has 5 nitrogen and oxygen atoms in total. The van der Waals surface area contributed by atoms with E-state index in [-0.39, 0.29) is 17.8 Å². The Balaban J connectivity index is 1.49. The lowest BCUT2D eigenvalue weighted by Gasteiger charge is -2.38. The van der Waals surface area contributed by atoms with E-state index in [4.69, 9.17) is 0 Å². The van der Waals surface area contributed by atoms with Crippen LogP contribution in [0.5, 0.6) is 0 Å². The largest absolute Gasteiger partial charge is 0.340 e. The fraction of sp³-hybridized carbons (Fsp3) is 0.474. The van der Waals surface area contributed by atoms with Crippen LogP contribution < -0.4 is 0 Å². The number of hydrogen-bond donors (Lipinski definition) is 0. The first-order valence-corrected chi connectivity index (χ1v) is 8.80. The molecule has 1 aromatic carbocycles. The number of benzene rings is 1. The number of aryl methyl sites for hydroxylation is 2. The number of carbonyl (C=O) groups is 1. The number of amides is 1. The van der Waals surface area contributed by atoms with Crippen LogP contribution in [-0.2, 0) is 11.3 Å². The molecule has 1 aliphatic rings. The molecule has 1 aliphatic heterocycles. The number of carbonyl (C=O) groups excluding carboxylic acids is 1. The zero-order valence-corrected chi connectivity index (χ0v) is 14.9. The van der Waals surface area contributed by atoms with Crippen molar-refractivity contribution in [1.82, 2.24) is 19.6 Å². The van der Waals surface area contributed by atoms with E-state index in [1.807, 2.05) is 41.8 Å². The van der Waals surface area contributed by atoms with Gasteiger partial charge in [0.15, 0.2) is 0 Å². The van der Waals surface area contributed by atoms with E-state index in [0.717, 1.165) is 24.2 Å². The average Bonchev–Trinajstić information content (AvgIpc) is 3.05. The molecule has 1 atom stereocenters. The van der Waals surface area contributed by atoms with Gasteiger partial charge in [-0.3, -0.25) is 14.4 Å². The summed E-state index contributed by atoms with van der Waals surface area (Å²) in [6.07, 6.45) is 4.21. The predicted molar refractivity (Wildman–Crippen MR) is 94.5 cm³/mol. The van der Waals surface area contributed by atoms with Crippen LogP contribution in [0.15, 0.2) is 36.7 Å². The highest BCUT2D eigenvalue weighted by atomic mass is 19.1. The van der Waals surface area contributed by atoms with E-state index in [1.54, 1.807) is 12.3 Å². The second-order valence-electron chi connectivity index (χ2n) is 6.65. The molecule has 1 unspecified atom stereocenters. The highest BCUT2D eigenvalue weighted by molar-refractivity contribution is 5.76. The minimum atomic E-state index is -0.164. The van der Waals surface area contributed by atoms with Crippen molar-refractivity contribution >= 4 is 5.91 Å². The van der Waals surface area contributed by atoms with E-state index in [9.17, 15) is 9.18 Å². The van der Waals surface area contributed by atoms with Crippen molar-refractivity contribution in [2.45, 2.75) is 32.9 Å². The summed E-state index contributed by atoms with van der Waals surface area (Å²) in [6.45, 7) is 7.53. The SMILES string of the molecule is Cc1cnn(CCC(=O)N2CCN(C(C)c3ccccc3F)CC2)c1. The highest BCUT2D eigenvalue weighted by Crippen LogP contribution is 2.24. The van der Waals surface area contributed by atoms with Crippen molar-refractivity contribution in [3.63, 3.8) is 0 Å². The van der Waals surface area contributed by atoms with Gasteiger partial charge in [0.05, 0.1) is 6.20 Å². The van der Waals surface area contributed by atoms with Crippen LogP contribution in [0.1, 0.15) is 30.5 Å². The highest BCUT2D eigenvalue weighted by Gasteiger charge is 2.25. The summed E-state index contributed by atoms with van der Waals surface area (Å²) in [7, 11) is 0. The molecule has 2 aromatic rings. The molecular formula is C19H25FN4O. The summed E-state index contributed by atoms with van der Waals surface area (Å²) in [5.74, 6) is -0.00521. The van der Waals surface area contributed by atoms with Gasteiger partial charge in [0, 0.05) is 56.9 Å². The summed E-state index contributed by atoms with van der Waals surface area (Å²) in [5, 5.41) is 4.21. The summed E-state index contributed by atoms with van der Waals surface area (Å²) in [5.41, 5.74) is 1.82. The van der Waals surface area contributed by atoms with Crippen molar-refractivity contribution in [3.05, 3.63) is 53.6 Å². The second kappa shape index (κ2) is 7.78. The molecule has 1 saturated heterocycles. The topological polar surface area (TPSA) is 41.4 Å². The van der Waals surface area contributed by atoms with Gasteiger partial charge in [0.25, 0.3) is 0 Å². The Morgan fingerprint density at radius 1 is 1.24 bits per heavy atom. The summed E-state index contributed by atoms with van der Waals surface area (Å²) in [6, 6.07) is 6.94. The number of aromatic nitrogens is 2. The van der Waals surface area contributed by atoms with Gasteiger partial charge >= 0.3 is 0 Å². The first-order chi connectivity index (χ1) is 12.0. The van der Waals surface area contributed by atoms with Gasteiger partial charge in [-0.1, -0.05) is 18.2 Å². The standard InChI is InChI=1S/C19H25FN4O/c1-15-13-21-24(14-15)8-7-19(25)23-11-9-22(10-12-23)16(2)17-5-3-4-6-18(17)20/h3-6,13-14,16H,7-12H2,1-2H3. The van der Waals surface area contributed by atoms with Crippen LogP contribution in [0.2, 0.25) is 0 Å². The summed E-state index contributed by atoms with van der Waals surface area (Å²) >= 11 is 0. The van der Waals surface area contributed by atoms with Gasteiger partial charge in [-0.25, -0.2) is 4.39 Å². The maximum atomic E-state index is 14.0. The fourth-order valence-corrected chi connectivity index (χ4v) is 3.33. The Kier molecular flexibility index (Phi) is 5.48. The minimum Gasteiger partial charge on any atom is -0.340 e. The molecule has 6 heteroatoms. The van der Waals surface area contributed by atoms with Crippen LogP contribution >= 0.6 is 0 Å². The summed E-state index contributed by atoms with van der Waals surface area (Å²) < 4.78 is 15.8. The number of halogens is 1. The first kappa shape index (κ1) is 17.6. The Hall–Kier alpha value is -2.21. The van der Waals surface area contributed by atoms with Gasteiger partial charge in [0.1, 0.15) is 5.82 Å². The average molecular weight is 344 g/mol. The van der Waals surface area contributed by atoms with Crippen molar-refractivity contribution in [1.29, 1.82) is 0 Å². The van der Waals surface area contributed by atoms with E-state index >= 15 is 0 Å². The molecule has 1 amide bonds. The zero-order valence-electron chi connectivity index (χ0n) is 14.9. The normalized spacial score (nSPS) is 16.8. The van der Waals surface area contributed by atoms with E-state index < -0.39 is 0 Å². The van der Waals surface area contributed by atoms with Crippen LogP contribution in [0.3, 0.4) is 0 Å². The van der Waals surface area contributed by atoms with Crippen LogP contribution in [0.4, 0.5) is 4.39 Å². The molecule has 134 valence electrons. The van der Waals surface area contributed by atoms with Crippen molar-refractivity contribution in [2.24, 2.45) is 0 Å². The number of nitrogens with zero attached hydrogens (tertiary/aromatic N) is 4. The third kappa shape index (κ3) is 4.25. The van der Waals surface area contributed by atoms with Crippen LogP contribution in [-0.4, -0.2) is 51.7 Å². The van der Waals surface area contributed by atoms with Crippen LogP contribution in [0.25, 0.3) is 0 Å². The molecule has 3 rings (SSSR count). The second-order valence-corrected chi connectivity index (χ2v) is 6.65. The first-order valence-electron chi connectivity index (χ1n) is 8.80. The Labute approximate surface area is 148 Å². The van der Waals surface area contributed by atoms with E-state index in [0.29, 0.717) is 26.1 Å². The number of piperazine rings is 1. The molecule has 25 heavy (non-hydrogen) atoms. The maximum Gasteiger partial charge on any atom is 0.224 e. The quantitative estimate of drug-likeness (QED) is 0.837. The van der Waals surface area contributed by atoms with Gasteiger partial charge in [-0.05, 0) is 25.5 Å². The van der Waals surface area contributed by atoms with Gasteiger partial charge in [0.2, 0.25) is 5.91 Å². The molecule has 0 N–H and O–H groups in total. The zero-order chi connectivity index (χ0) is 17.8. The minimum absolute atomic E-state index is 0.0190. The van der Waals surface area contributed by atoms with Gasteiger partial charge < -0.3 is 4.90 Å². The molecule has 1 fully saturated rings.